The van der Waals surface area contributed by atoms with Crippen molar-refractivity contribution < 1.29 is 38.2 Å². The van der Waals surface area contributed by atoms with Gasteiger partial charge in [0, 0.05) is 11.4 Å². The Morgan fingerprint density at radius 2 is 1.56 bits per heavy atom. The first-order valence-electron chi connectivity index (χ1n) is 9.59. The Bertz CT molecular complexity index is 1010. The van der Waals surface area contributed by atoms with Crippen LogP contribution in [0.4, 0.5) is 5.69 Å². The Labute approximate surface area is 185 Å². The molecule has 0 radical (unpaired) electrons. The first-order valence-corrected chi connectivity index (χ1v) is 9.59. The van der Waals surface area contributed by atoms with Crippen LogP contribution in [0.5, 0.6) is 17.2 Å². The van der Waals surface area contributed by atoms with Gasteiger partial charge in [-0.05, 0) is 26.8 Å². The summed E-state index contributed by atoms with van der Waals surface area (Å²) in [4.78, 5) is 37.2. The number of carbonyl (C=O) groups is 2. The zero-order chi connectivity index (χ0) is 24.2. The van der Waals surface area contributed by atoms with Gasteiger partial charge in [-0.1, -0.05) is 0 Å². The molecule has 2 rings (SSSR count). The smallest absolute Gasteiger partial charge is 0.336 e. The second-order valence-electron chi connectivity index (χ2n) is 6.69. The van der Waals surface area contributed by atoms with E-state index in [1.807, 2.05) is 0 Å². The summed E-state index contributed by atoms with van der Waals surface area (Å²) in [6, 6.07) is 1.35. The van der Waals surface area contributed by atoms with Gasteiger partial charge in [-0.2, -0.15) is 0 Å². The lowest BCUT2D eigenvalue weighted by molar-refractivity contribution is -0.386. The number of rotatable bonds is 8. The number of nitrogens with one attached hydrogen (secondary N) is 1. The van der Waals surface area contributed by atoms with E-state index in [4.69, 9.17) is 23.7 Å². The van der Waals surface area contributed by atoms with Gasteiger partial charge in [-0.15, -0.1) is 0 Å². The Kier molecular flexibility index (Phi) is 7.68. The molecule has 0 bridgehead atoms. The highest BCUT2D eigenvalue weighted by Crippen LogP contribution is 2.52. The van der Waals surface area contributed by atoms with Crippen molar-refractivity contribution in [3.8, 4) is 17.2 Å². The maximum atomic E-state index is 12.9. The Morgan fingerprint density at radius 1 is 1.00 bits per heavy atom. The molecule has 0 amide bonds. The molecule has 1 atom stereocenters. The van der Waals surface area contributed by atoms with Crippen LogP contribution in [0.3, 0.4) is 0 Å². The van der Waals surface area contributed by atoms with Crippen molar-refractivity contribution in [3.05, 3.63) is 44.3 Å². The van der Waals surface area contributed by atoms with Gasteiger partial charge in [0.1, 0.15) is 0 Å². The molecule has 0 fully saturated rings. The molecular weight excluding hydrogens is 424 g/mol. The lowest BCUT2D eigenvalue weighted by Crippen LogP contribution is -2.32. The lowest BCUT2D eigenvalue weighted by Gasteiger charge is -2.30. The molecule has 0 saturated carbocycles. The number of esters is 2. The van der Waals surface area contributed by atoms with Crippen molar-refractivity contribution in [2.75, 3.05) is 35.0 Å². The first-order chi connectivity index (χ1) is 15.2. The number of methoxy groups -OCH3 is 4. The third-order valence-corrected chi connectivity index (χ3v) is 4.99. The van der Waals surface area contributed by atoms with Gasteiger partial charge in [0.2, 0.25) is 11.5 Å². The number of hydrogen-bond donors (Lipinski definition) is 1. The standard InChI is InChI=1S/C21H26N2O9/c1-8-32-21(25)15-11(3)22-10(2)14(20(24)31-7)16(15)12-9-13(28-4)18(29-5)19(30-6)17(12)23(26)27/h9,16,22H,8H2,1-7H3. The summed E-state index contributed by atoms with van der Waals surface area (Å²) in [5, 5.41) is 15.1. The molecule has 0 spiro atoms. The fourth-order valence-corrected chi connectivity index (χ4v) is 3.73. The zero-order valence-electron chi connectivity index (χ0n) is 19.0. The van der Waals surface area contributed by atoms with Crippen molar-refractivity contribution in [1.82, 2.24) is 5.32 Å². The van der Waals surface area contributed by atoms with Crippen molar-refractivity contribution >= 4 is 17.6 Å². The largest absolute Gasteiger partial charge is 0.493 e. The molecule has 0 aromatic heterocycles. The Morgan fingerprint density at radius 3 is 2.00 bits per heavy atom. The number of hydrogen-bond acceptors (Lipinski definition) is 10. The number of nitro benzene ring substituents is 1. The normalized spacial score (nSPS) is 15.7. The van der Waals surface area contributed by atoms with E-state index in [0.717, 1.165) is 0 Å². The van der Waals surface area contributed by atoms with E-state index in [0.29, 0.717) is 11.4 Å². The zero-order valence-corrected chi connectivity index (χ0v) is 19.0. The number of nitrogens with zero attached hydrogens (tertiary/aromatic N) is 1. The maximum Gasteiger partial charge on any atom is 0.336 e. The molecule has 1 unspecified atom stereocenters. The van der Waals surface area contributed by atoms with Gasteiger partial charge in [0.05, 0.1) is 62.6 Å². The quantitative estimate of drug-likeness (QED) is 0.357. The molecule has 0 saturated heterocycles. The van der Waals surface area contributed by atoms with E-state index in [-0.39, 0.29) is 40.6 Å². The molecule has 1 aromatic carbocycles. The van der Waals surface area contributed by atoms with Gasteiger partial charge in [0.25, 0.3) is 0 Å². The van der Waals surface area contributed by atoms with Crippen LogP contribution >= 0.6 is 0 Å². The summed E-state index contributed by atoms with van der Waals surface area (Å²) in [5.74, 6) is -2.80. The fraction of sp³-hybridized carbons (Fsp3) is 0.429. The number of benzene rings is 1. The number of nitro groups is 1. The Hall–Kier alpha value is -3.76. The van der Waals surface area contributed by atoms with E-state index < -0.39 is 28.5 Å². The first kappa shape index (κ1) is 24.5. The van der Waals surface area contributed by atoms with Gasteiger partial charge in [-0.3, -0.25) is 10.1 Å². The summed E-state index contributed by atoms with van der Waals surface area (Å²) in [7, 11) is 5.09. The predicted molar refractivity (Wildman–Crippen MR) is 113 cm³/mol. The molecule has 1 aliphatic rings. The third kappa shape index (κ3) is 4.18. The number of allylic oxidation sites excluding steroid dienone is 2. The molecule has 1 aliphatic heterocycles. The highest BCUT2D eigenvalue weighted by molar-refractivity contribution is 6.00. The maximum absolute atomic E-state index is 12.9. The van der Waals surface area contributed by atoms with Crippen LogP contribution in [-0.4, -0.2) is 51.9 Å². The van der Waals surface area contributed by atoms with Crippen LogP contribution in [0.25, 0.3) is 0 Å². The minimum Gasteiger partial charge on any atom is -0.493 e. The summed E-state index contributed by atoms with van der Waals surface area (Å²) >= 11 is 0. The van der Waals surface area contributed by atoms with Crippen LogP contribution in [0, 0.1) is 10.1 Å². The van der Waals surface area contributed by atoms with Crippen molar-refractivity contribution in [3.63, 3.8) is 0 Å². The highest BCUT2D eigenvalue weighted by atomic mass is 16.6. The average Bonchev–Trinajstić information content (AvgIpc) is 2.76. The monoisotopic (exact) mass is 450 g/mol. The third-order valence-electron chi connectivity index (χ3n) is 4.99. The predicted octanol–water partition coefficient (Wildman–Crippen LogP) is 2.59. The summed E-state index contributed by atoms with van der Waals surface area (Å²) < 4.78 is 26.0. The van der Waals surface area contributed by atoms with Crippen molar-refractivity contribution in [1.29, 1.82) is 0 Å². The van der Waals surface area contributed by atoms with E-state index in [2.05, 4.69) is 5.32 Å². The topological polar surface area (TPSA) is 135 Å². The van der Waals surface area contributed by atoms with Crippen LogP contribution in [0.2, 0.25) is 0 Å². The molecule has 1 heterocycles. The molecule has 11 nitrogen and oxygen atoms in total. The minimum atomic E-state index is -1.20. The second-order valence-corrected chi connectivity index (χ2v) is 6.69. The van der Waals surface area contributed by atoms with Crippen LogP contribution in [-0.2, 0) is 19.1 Å². The van der Waals surface area contributed by atoms with Crippen molar-refractivity contribution in [2.45, 2.75) is 26.7 Å². The van der Waals surface area contributed by atoms with Crippen LogP contribution < -0.4 is 19.5 Å². The fourth-order valence-electron chi connectivity index (χ4n) is 3.73. The van der Waals surface area contributed by atoms with Crippen LogP contribution in [0.15, 0.2) is 28.6 Å². The summed E-state index contributed by atoms with van der Waals surface area (Å²) in [5.41, 5.74) is 0.278. The van der Waals surface area contributed by atoms with Gasteiger partial charge < -0.3 is 29.0 Å². The molecule has 0 aliphatic carbocycles. The average molecular weight is 450 g/mol. The highest BCUT2D eigenvalue weighted by Gasteiger charge is 2.43. The van der Waals surface area contributed by atoms with Gasteiger partial charge in [-0.25, -0.2) is 9.59 Å². The molecule has 174 valence electrons. The molecular formula is C21H26N2O9. The van der Waals surface area contributed by atoms with Crippen LogP contribution in [0.1, 0.15) is 32.3 Å². The number of carbonyl (C=O) groups excluding carboxylic acids is 2. The molecule has 1 aromatic rings. The van der Waals surface area contributed by atoms with E-state index in [9.17, 15) is 19.7 Å². The minimum absolute atomic E-state index is 0.00177. The second kappa shape index (κ2) is 10.0. The molecule has 32 heavy (non-hydrogen) atoms. The van der Waals surface area contributed by atoms with Gasteiger partial charge >= 0.3 is 17.6 Å². The SMILES string of the molecule is CCOC(=O)C1=C(C)NC(C)=C(C(=O)OC)C1c1cc(OC)c(OC)c(OC)c1[N+](=O)[O-]. The van der Waals surface area contributed by atoms with E-state index in [1.54, 1.807) is 20.8 Å². The number of ether oxygens (including phenoxy) is 5. The summed E-state index contributed by atoms with van der Waals surface area (Å²) in [6.07, 6.45) is 0. The Balaban J connectivity index is 3.03. The lowest BCUT2D eigenvalue weighted by atomic mass is 9.79. The van der Waals surface area contributed by atoms with Gasteiger partial charge in [0.15, 0.2) is 5.75 Å². The molecule has 11 heteroatoms. The molecule has 1 N–H and O–H groups in total. The number of dihydropyridines is 1. The van der Waals surface area contributed by atoms with E-state index >= 15 is 0 Å². The van der Waals surface area contributed by atoms with E-state index in [1.165, 1.54) is 34.5 Å². The van der Waals surface area contributed by atoms with Crippen molar-refractivity contribution in [2.24, 2.45) is 0 Å². The summed E-state index contributed by atoms with van der Waals surface area (Å²) in [6.45, 7) is 4.91.